The number of hydrogen-bond acceptors (Lipinski definition) is 5. The summed E-state index contributed by atoms with van der Waals surface area (Å²) in [6, 6.07) is 3.07. The SMILES string of the molecule is Cc1cc2c(cc1S(=O)(=O)N1CCC(C(=O)O)C1)OCO2. The molecule has 0 saturated carbocycles. The average molecular weight is 313 g/mol. The average Bonchev–Trinajstić information content (AvgIpc) is 3.06. The Kier molecular flexibility index (Phi) is 3.29. The van der Waals surface area contributed by atoms with Gasteiger partial charge in [0.05, 0.1) is 10.8 Å². The first-order valence-corrected chi connectivity index (χ1v) is 7.97. The molecule has 8 heteroatoms. The predicted molar refractivity (Wildman–Crippen MR) is 71.8 cm³/mol. The molecule has 2 heterocycles. The van der Waals surface area contributed by atoms with E-state index in [1.165, 1.54) is 10.4 Å². The lowest BCUT2D eigenvalue weighted by molar-refractivity contribution is -0.141. The van der Waals surface area contributed by atoms with Crippen molar-refractivity contribution in [3.05, 3.63) is 17.7 Å². The summed E-state index contributed by atoms with van der Waals surface area (Å²) in [6.45, 7) is 1.97. The molecule has 2 aliphatic rings. The topological polar surface area (TPSA) is 93.1 Å². The number of fused-ring (bicyclic) bond motifs is 1. The summed E-state index contributed by atoms with van der Waals surface area (Å²) in [5.41, 5.74) is 0.554. The summed E-state index contributed by atoms with van der Waals surface area (Å²) in [4.78, 5) is 11.1. The molecule has 1 N–H and O–H groups in total. The fourth-order valence-electron chi connectivity index (χ4n) is 2.59. The van der Waals surface area contributed by atoms with Crippen molar-refractivity contribution in [1.29, 1.82) is 0 Å². The van der Waals surface area contributed by atoms with Crippen molar-refractivity contribution in [3.8, 4) is 11.5 Å². The number of rotatable bonds is 3. The number of carbonyl (C=O) groups is 1. The number of sulfonamides is 1. The minimum absolute atomic E-state index is 0.00550. The van der Waals surface area contributed by atoms with Gasteiger partial charge in [0.1, 0.15) is 0 Å². The second-order valence-corrected chi connectivity index (χ2v) is 7.06. The van der Waals surface area contributed by atoms with E-state index < -0.39 is 21.9 Å². The van der Waals surface area contributed by atoms with Crippen molar-refractivity contribution in [2.45, 2.75) is 18.2 Å². The lowest BCUT2D eigenvalue weighted by Gasteiger charge is -2.17. The molecule has 0 spiro atoms. The van der Waals surface area contributed by atoms with Gasteiger partial charge < -0.3 is 14.6 Å². The molecule has 1 unspecified atom stereocenters. The molecule has 7 nitrogen and oxygen atoms in total. The Bertz CT molecular complexity index is 699. The Labute approximate surface area is 122 Å². The highest BCUT2D eigenvalue weighted by Gasteiger charge is 2.37. The number of nitrogens with zero attached hydrogens (tertiary/aromatic N) is 1. The van der Waals surface area contributed by atoms with Gasteiger partial charge in [-0.3, -0.25) is 4.79 Å². The minimum Gasteiger partial charge on any atom is -0.481 e. The molecule has 2 aliphatic heterocycles. The summed E-state index contributed by atoms with van der Waals surface area (Å²) >= 11 is 0. The Balaban J connectivity index is 1.94. The van der Waals surface area contributed by atoms with Gasteiger partial charge in [-0.15, -0.1) is 0 Å². The fraction of sp³-hybridized carbons (Fsp3) is 0.462. The van der Waals surface area contributed by atoms with Crippen LogP contribution < -0.4 is 9.47 Å². The van der Waals surface area contributed by atoms with Crippen molar-refractivity contribution >= 4 is 16.0 Å². The molecule has 1 fully saturated rings. The summed E-state index contributed by atoms with van der Waals surface area (Å²) in [5.74, 6) is -0.686. The number of hydrogen-bond donors (Lipinski definition) is 1. The molecule has 0 aromatic heterocycles. The maximum Gasteiger partial charge on any atom is 0.307 e. The van der Waals surface area contributed by atoms with Crippen LogP contribution in [0, 0.1) is 12.8 Å². The van der Waals surface area contributed by atoms with Gasteiger partial charge in [0, 0.05) is 19.2 Å². The van der Waals surface area contributed by atoms with Gasteiger partial charge in [-0.1, -0.05) is 0 Å². The summed E-state index contributed by atoms with van der Waals surface area (Å²) in [6.07, 6.45) is 0.332. The Morgan fingerprint density at radius 1 is 1.33 bits per heavy atom. The van der Waals surface area contributed by atoms with Crippen molar-refractivity contribution < 1.29 is 27.8 Å². The van der Waals surface area contributed by atoms with Crippen LogP contribution in [0.4, 0.5) is 0 Å². The first-order chi connectivity index (χ1) is 9.89. The van der Waals surface area contributed by atoms with Gasteiger partial charge in [0.25, 0.3) is 0 Å². The van der Waals surface area contributed by atoms with Crippen LogP contribution in [0.3, 0.4) is 0 Å². The van der Waals surface area contributed by atoms with Crippen LogP contribution in [0.2, 0.25) is 0 Å². The van der Waals surface area contributed by atoms with Crippen molar-refractivity contribution in [2.75, 3.05) is 19.9 Å². The van der Waals surface area contributed by atoms with E-state index in [0.29, 0.717) is 23.5 Å². The van der Waals surface area contributed by atoms with Crippen LogP contribution in [-0.2, 0) is 14.8 Å². The molecule has 1 aromatic rings. The quantitative estimate of drug-likeness (QED) is 0.888. The first kappa shape index (κ1) is 14.2. The fourth-order valence-corrected chi connectivity index (χ4v) is 4.31. The largest absolute Gasteiger partial charge is 0.481 e. The van der Waals surface area contributed by atoms with Gasteiger partial charge in [0.15, 0.2) is 11.5 Å². The molecule has 0 radical (unpaired) electrons. The number of benzene rings is 1. The van der Waals surface area contributed by atoms with E-state index in [0.717, 1.165) is 0 Å². The molecular formula is C13H15NO6S. The van der Waals surface area contributed by atoms with E-state index in [2.05, 4.69) is 0 Å². The summed E-state index contributed by atoms with van der Waals surface area (Å²) in [5, 5.41) is 8.99. The van der Waals surface area contributed by atoms with E-state index in [9.17, 15) is 13.2 Å². The summed E-state index contributed by atoms with van der Waals surface area (Å²) < 4.78 is 37.0. The van der Waals surface area contributed by atoms with Gasteiger partial charge in [-0.05, 0) is 25.0 Å². The highest BCUT2D eigenvalue weighted by molar-refractivity contribution is 7.89. The number of carboxylic acid groups (broad SMARTS) is 1. The molecule has 0 bridgehead atoms. The van der Waals surface area contributed by atoms with E-state index >= 15 is 0 Å². The molecule has 3 rings (SSSR count). The zero-order valence-electron chi connectivity index (χ0n) is 11.4. The number of aliphatic carboxylic acids is 1. The molecule has 1 atom stereocenters. The monoisotopic (exact) mass is 313 g/mol. The Hall–Kier alpha value is -1.80. The Morgan fingerprint density at radius 3 is 2.62 bits per heavy atom. The molecule has 0 amide bonds. The number of aryl methyl sites for hydroxylation is 1. The lowest BCUT2D eigenvalue weighted by Crippen LogP contribution is -2.30. The van der Waals surface area contributed by atoms with Crippen LogP contribution in [0.1, 0.15) is 12.0 Å². The highest BCUT2D eigenvalue weighted by atomic mass is 32.2. The normalized spacial score (nSPS) is 21.7. The smallest absolute Gasteiger partial charge is 0.307 e. The van der Waals surface area contributed by atoms with Crippen LogP contribution in [0.15, 0.2) is 17.0 Å². The standard InChI is InChI=1S/C13H15NO6S/c1-8-4-10-11(20-7-19-10)5-12(8)21(17,18)14-3-2-9(6-14)13(15)16/h4-5,9H,2-3,6-7H2,1H3,(H,15,16). The van der Waals surface area contributed by atoms with Crippen molar-refractivity contribution in [3.63, 3.8) is 0 Å². The minimum atomic E-state index is -3.72. The van der Waals surface area contributed by atoms with E-state index in [4.69, 9.17) is 14.6 Å². The number of ether oxygens (including phenoxy) is 2. The molecule has 114 valence electrons. The summed E-state index contributed by atoms with van der Waals surface area (Å²) in [7, 11) is -3.72. The van der Waals surface area contributed by atoms with Gasteiger partial charge in [0.2, 0.25) is 16.8 Å². The lowest BCUT2D eigenvalue weighted by atomic mass is 10.1. The first-order valence-electron chi connectivity index (χ1n) is 6.53. The molecule has 21 heavy (non-hydrogen) atoms. The zero-order chi connectivity index (χ0) is 15.2. The van der Waals surface area contributed by atoms with Crippen LogP contribution in [0.5, 0.6) is 11.5 Å². The van der Waals surface area contributed by atoms with E-state index in [1.807, 2.05) is 0 Å². The highest BCUT2D eigenvalue weighted by Crippen LogP contribution is 2.37. The molecular weight excluding hydrogens is 298 g/mol. The third-order valence-electron chi connectivity index (χ3n) is 3.79. The third-order valence-corrected chi connectivity index (χ3v) is 5.80. The third kappa shape index (κ3) is 2.34. The zero-order valence-corrected chi connectivity index (χ0v) is 12.2. The van der Waals surface area contributed by atoms with Gasteiger partial charge in [-0.2, -0.15) is 4.31 Å². The van der Waals surface area contributed by atoms with Crippen molar-refractivity contribution in [1.82, 2.24) is 4.31 Å². The van der Waals surface area contributed by atoms with Crippen molar-refractivity contribution in [2.24, 2.45) is 5.92 Å². The van der Waals surface area contributed by atoms with Gasteiger partial charge in [-0.25, -0.2) is 8.42 Å². The van der Waals surface area contributed by atoms with Crippen LogP contribution >= 0.6 is 0 Å². The van der Waals surface area contributed by atoms with E-state index in [1.54, 1.807) is 13.0 Å². The maximum absolute atomic E-state index is 12.7. The second kappa shape index (κ2) is 4.88. The second-order valence-electron chi connectivity index (χ2n) is 5.16. The van der Waals surface area contributed by atoms with Crippen LogP contribution in [0.25, 0.3) is 0 Å². The molecule has 1 saturated heterocycles. The van der Waals surface area contributed by atoms with E-state index in [-0.39, 0.29) is 24.8 Å². The predicted octanol–water partition coefficient (Wildman–Crippen LogP) is 0.819. The van der Waals surface area contributed by atoms with Gasteiger partial charge >= 0.3 is 5.97 Å². The Morgan fingerprint density at radius 2 is 2.00 bits per heavy atom. The molecule has 0 aliphatic carbocycles. The number of carboxylic acids is 1. The molecule has 1 aromatic carbocycles. The maximum atomic E-state index is 12.7. The van der Waals surface area contributed by atoms with Crippen LogP contribution in [-0.4, -0.2) is 43.7 Å².